The van der Waals surface area contributed by atoms with Gasteiger partial charge in [0.15, 0.2) is 11.5 Å². The lowest BCUT2D eigenvalue weighted by Crippen LogP contribution is -1.89. The smallest absolute Gasteiger partial charge is 0.202 e. The summed E-state index contributed by atoms with van der Waals surface area (Å²) in [5, 5.41) is 23.3. The van der Waals surface area contributed by atoms with E-state index in [2.05, 4.69) is 12.6 Å². The molecule has 0 amide bonds. The van der Waals surface area contributed by atoms with E-state index in [1.54, 1.807) is 0 Å². The molecule has 3 aromatic carbocycles. The molecular formula is C15H12O3S. The van der Waals surface area contributed by atoms with Crippen LogP contribution in [-0.2, 0) is 0 Å². The van der Waals surface area contributed by atoms with Crippen molar-refractivity contribution >= 4 is 34.2 Å². The Balaban J connectivity index is 2.54. The van der Waals surface area contributed by atoms with Crippen LogP contribution in [0.15, 0.2) is 41.3 Å². The number of phenolic OH excluding ortho intramolecular Hbond substituents is 2. The quantitative estimate of drug-likeness (QED) is 0.359. The number of hydrogen-bond donors (Lipinski definition) is 3. The Hall–Kier alpha value is -2.07. The van der Waals surface area contributed by atoms with E-state index in [1.807, 2.05) is 36.4 Å². The minimum atomic E-state index is -0.282. The zero-order chi connectivity index (χ0) is 13.6. The molecule has 0 unspecified atom stereocenters. The number of phenols is 2. The lowest BCUT2D eigenvalue weighted by Gasteiger charge is -2.13. The maximum atomic E-state index is 10.1. The molecule has 0 aromatic heterocycles. The predicted octanol–water partition coefficient (Wildman–Crippen LogP) is 3.70. The van der Waals surface area contributed by atoms with E-state index in [-0.39, 0.29) is 17.2 Å². The van der Waals surface area contributed by atoms with Gasteiger partial charge in [-0.1, -0.05) is 24.3 Å². The monoisotopic (exact) mass is 272 g/mol. The fraction of sp³-hybridized carbons (Fsp3) is 0.0667. The lowest BCUT2D eigenvalue weighted by molar-refractivity contribution is 0.347. The molecule has 0 radical (unpaired) electrons. The maximum Gasteiger partial charge on any atom is 0.202 e. The molecular weight excluding hydrogens is 260 g/mol. The summed E-state index contributed by atoms with van der Waals surface area (Å²) >= 11 is 4.39. The van der Waals surface area contributed by atoms with Crippen LogP contribution in [0.25, 0.3) is 21.5 Å². The van der Waals surface area contributed by atoms with Crippen LogP contribution in [0.2, 0.25) is 0 Å². The van der Waals surface area contributed by atoms with Crippen LogP contribution in [0.5, 0.6) is 17.2 Å². The van der Waals surface area contributed by atoms with Crippen molar-refractivity contribution in [2.75, 3.05) is 7.11 Å². The van der Waals surface area contributed by atoms with Crippen LogP contribution in [0.1, 0.15) is 0 Å². The fourth-order valence-electron chi connectivity index (χ4n) is 2.30. The number of methoxy groups -OCH3 is 1. The first-order valence-electron chi connectivity index (χ1n) is 5.77. The molecule has 3 nitrogen and oxygen atoms in total. The van der Waals surface area contributed by atoms with Crippen molar-refractivity contribution in [2.24, 2.45) is 0 Å². The van der Waals surface area contributed by atoms with Gasteiger partial charge in [0.25, 0.3) is 0 Å². The van der Waals surface area contributed by atoms with E-state index < -0.39 is 0 Å². The Labute approximate surface area is 115 Å². The van der Waals surface area contributed by atoms with Gasteiger partial charge in [-0.25, -0.2) is 0 Å². The summed E-state index contributed by atoms with van der Waals surface area (Å²) in [6.45, 7) is 0. The summed E-state index contributed by atoms with van der Waals surface area (Å²) in [6, 6.07) is 11.6. The highest BCUT2D eigenvalue weighted by atomic mass is 32.1. The molecule has 0 spiro atoms. The topological polar surface area (TPSA) is 49.7 Å². The van der Waals surface area contributed by atoms with Crippen LogP contribution in [-0.4, -0.2) is 17.3 Å². The van der Waals surface area contributed by atoms with Gasteiger partial charge in [0, 0.05) is 10.8 Å². The van der Waals surface area contributed by atoms with Crippen molar-refractivity contribution in [3.63, 3.8) is 0 Å². The molecule has 3 rings (SSSR count). The molecule has 19 heavy (non-hydrogen) atoms. The van der Waals surface area contributed by atoms with Gasteiger partial charge < -0.3 is 14.9 Å². The second-order valence-electron chi connectivity index (χ2n) is 4.32. The summed E-state index contributed by atoms with van der Waals surface area (Å²) in [7, 11) is 1.43. The first-order valence-corrected chi connectivity index (χ1v) is 6.21. The number of ether oxygens (including phenoxy) is 1. The zero-order valence-corrected chi connectivity index (χ0v) is 11.1. The second kappa shape index (κ2) is 4.24. The SMILES string of the molecule is COc1c(O)c(O)c2cc3ccccc3cc2c1S. The molecule has 96 valence electrons. The van der Waals surface area contributed by atoms with Gasteiger partial charge in [-0.2, -0.15) is 0 Å². The van der Waals surface area contributed by atoms with Crippen LogP contribution < -0.4 is 4.74 Å². The number of rotatable bonds is 1. The van der Waals surface area contributed by atoms with Crippen molar-refractivity contribution < 1.29 is 14.9 Å². The highest BCUT2D eigenvalue weighted by Gasteiger charge is 2.17. The third kappa shape index (κ3) is 1.68. The lowest BCUT2D eigenvalue weighted by atomic mass is 10.0. The van der Waals surface area contributed by atoms with E-state index in [0.717, 1.165) is 16.2 Å². The summed E-state index contributed by atoms with van der Waals surface area (Å²) in [4.78, 5) is 0.513. The van der Waals surface area contributed by atoms with Crippen LogP contribution in [0.4, 0.5) is 0 Å². The van der Waals surface area contributed by atoms with Gasteiger partial charge in [-0.15, -0.1) is 12.6 Å². The summed E-state index contributed by atoms with van der Waals surface area (Å²) < 4.78 is 5.09. The van der Waals surface area contributed by atoms with Gasteiger partial charge in [0.05, 0.1) is 12.0 Å². The number of thiol groups is 1. The Kier molecular flexibility index (Phi) is 2.68. The minimum absolute atomic E-state index is 0.184. The third-order valence-electron chi connectivity index (χ3n) is 3.25. The standard InChI is InChI=1S/C15H12O3S/c1-18-14-13(17)12(16)10-6-8-4-2-3-5-9(8)7-11(10)15(14)19/h2-7,16-17,19H,1H3. The van der Waals surface area contributed by atoms with Crippen molar-refractivity contribution in [3.05, 3.63) is 36.4 Å². The van der Waals surface area contributed by atoms with Crippen molar-refractivity contribution in [3.8, 4) is 17.2 Å². The molecule has 3 aromatic rings. The molecule has 0 aliphatic rings. The van der Waals surface area contributed by atoms with Gasteiger partial charge >= 0.3 is 0 Å². The van der Waals surface area contributed by atoms with E-state index in [9.17, 15) is 10.2 Å². The molecule has 0 aliphatic heterocycles. The molecule has 0 atom stereocenters. The van der Waals surface area contributed by atoms with E-state index in [4.69, 9.17) is 4.74 Å². The minimum Gasteiger partial charge on any atom is -0.504 e. The summed E-state index contributed by atoms with van der Waals surface area (Å²) in [6.07, 6.45) is 0. The van der Waals surface area contributed by atoms with Crippen LogP contribution in [0.3, 0.4) is 0 Å². The second-order valence-corrected chi connectivity index (χ2v) is 4.77. The van der Waals surface area contributed by atoms with Gasteiger partial charge in [0.2, 0.25) is 5.75 Å². The molecule has 0 saturated heterocycles. The van der Waals surface area contributed by atoms with Crippen LogP contribution in [0, 0.1) is 0 Å². The zero-order valence-electron chi connectivity index (χ0n) is 10.2. The number of fused-ring (bicyclic) bond motifs is 2. The van der Waals surface area contributed by atoms with Crippen molar-refractivity contribution in [1.82, 2.24) is 0 Å². The summed E-state index contributed by atoms with van der Waals surface area (Å²) in [5.74, 6) is -0.283. The molecule has 2 N–H and O–H groups in total. The highest BCUT2D eigenvalue weighted by Crippen LogP contribution is 2.47. The Morgan fingerprint density at radius 3 is 2.11 bits per heavy atom. The molecule has 0 saturated carbocycles. The number of hydrogen-bond acceptors (Lipinski definition) is 4. The van der Waals surface area contributed by atoms with Gasteiger partial charge in [-0.3, -0.25) is 0 Å². The first kappa shape index (κ1) is 12.0. The summed E-state index contributed by atoms with van der Waals surface area (Å²) in [5.41, 5.74) is 0. The number of benzene rings is 3. The first-order chi connectivity index (χ1) is 9.13. The Morgan fingerprint density at radius 1 is 0.947 bits per heavy atom. The molecule has 0 fully saturated rings. The molecule has 4 heteroatoms. The molecule has 0 heterocycles. The predicted molar refractivity (Wildman–Crippen MR) is 78.6 cm³/mol. The molecule has 0 bridgehead atoms. The molecule has 0 aliphatic carbocycles. The third-order valence-corrected chi connectivity index (χ3v) is 3.70. The Bertz CT molecular complexity index is 796. The van der Waals surface area contributed by atoms with E-state index in [1.165, 1.54) is 7.11 Å². The van der Waals surface area contributed by atoms with E-state index >= 15 is 0 Å². The van der Waals surface area contributed by atoms with Gasteiger partial charge in [-0.05, 0) is 22.9 Å². The maximum absolute atomic E-state index is 10.1. The average molecular weight is 272 g/mol. The normalized spacial score (nSPS) is 11.1. The van der Waals surface area contributed by atoms with Crippen molar-refractivity contribution in [2.45, 2.75) is 4.90 Å². The largest absolute Gasteiger partial charge is 0.504 e. The average Bonchev–Trinajstić information content (AvgIpc) is 2.44. The Morgan fingerprint density at radius 2 is 1.53 bits per heavy atom. The van der Waals surface area contributed by atoms with Crippen LogP contribution >= 0.6 is 12.6 Å². The number of aromatic hydroxyl groups is 2. The van der Waals surface area contributed by atoms with E-state index in [0.29, 0.717) is 10.3 Å². The highest BCUT2D eigenvalue weighted by molar-refractivity contribution is 7.80. The van der Waals surface area contributed by atoms with Gasteiger partial charge in [0.1, 0.15) is 0 Å². The fourth-order valence-corrected chi connectivity index (χ4v) is 2.68. The van der Waals surface area contributed by atoms with Crippen molar-refractivity contribution in [1.29, 1.82) is 0 Å².